The fraction of sp³-hybridized carbons (Fsp3) is 0.385. The number of aryl methyl sites for hydroxylation is 1. The second-order valence-electron chi connectivity index (χ2n) is 9.78. The Hall–Kier alpha value is -4.49. The second kappa shape index (κ2) is 10.6. The predicted octanol–water partition coefficient (Wildman–Crippen LogP) is 3.67. The van der Waals surface area contributed by atoms with Crippen LogP contribution >= 0.6 is 0 Å². The number of amides is 3. The minimum Gasteiger partial charge on any atom is -0.363 e. The van der Waals surface area contributed by atoms with Gasteiger partial charge in [0.05, 0.1) is 22.6 Å². The van der Waals surface area contributed by atoms with Crippen LogP contribution < -0.4 is 5.32 Å². The molecule has 0 aliphatic carbocycles. The van der Waals surface area contributed by atoms with E-state index < -0.39 is 23.8 Å². The van der Waals surface area contributed by atoms with Crippen molar-refractivity contribution in [3.05, 3.63) is 58.9 Å². The third-order valence-corrected chi connectivity index (χ3v) is 6.88. The first-order valence-corrected chi connectivity index (χ1v) is 12.7. The summed E-state index contributed by atoms with van der Waals surface area (Å²) in [5, 5.41) is 7.80. The minimum atomic E-state index is -2.95. The van der Waals surface area contributed by atoms with Gasteiger partial charge in [0.25, 0.3) is 12.3 Å². The number of hydrogen-bond donors (Lipinski definition) is 1. The molecule has 1 atom stereocenters. The van der Waals surface area contributed by atoms with E-state index in [-0.39, 0.29) is 28.9 Å². The first-order chi connectivity index (χ1) is 19.1. The molecule has 11 nitrogen and oxygen atoms in total. The molecule has 0 radical (unpaired) electrons. The van der Waals surface area contributed by atoms with Crippen molar-refractivity contribution >= 4 is 34.4 Å². The van der Waals surface area contributed by atoms with Crippen LogP contribution in [0.25, 0.3) is 16.7 Å². The number of benzene rings is 1. The molecule has 40 heavy (non-hydrogen) atoms. The fourth-order valence-electron chi connectivity index (χ4n) is 4.83. The molecule has 210 valence electrons. The van der Waals surface area contributed by atoms with Crippen LogP contribution in [-0.2, 0) is 0 Å². The highest BCUT2D eigenvalue weighted by Crippen LogP contribution is 2.31. The van der Waals surface area contributed by atoms with Crippen molar-refractivity contribution in [1.82, 2.24) is 39.3 Å². The molecular weight excluding hydrogens is 527 g/mol. The van der Waals surface area contributed by atoms with E-state index in [1.54, 1.807) is 43.8 Å². The van der Waals surface area contributed by atoms with Gasteiger partial charge in [0.15, 0.2) is 11.3 Å². The molecule has 1 aromatic carbocycles. The largest absolute Gasteiger partial charge is 0.363 e. The molecule has 3 amide bonds. The lowest BCUT2D eigenvalue weighted by Crippen LogP contribution is -2.52. The lowest BCUT2D eigenvalue weighted by atomic mass is 10.0. The maximum atomic E-state index is 14.9. The summed E-state index contributed by atoms with van der Waals surface area (Å²) in [5.74, 6) is -0.632. The summed E-state index contributed by atoms with van der Waals surface area (Å²) in [6.07, 6.45) is -1.64. The average molecular weight is 556 g/mol. The highest BCUT2D eigenvalue weighted by atomic mass is 19.3. The molecule has 5 rings (SSSR count). The highest BCUT2D eigenvalue weighted by Gasteiger charge is 2.29. The molecule has 3 aromatic heterocycles. The SMILES string of the molecule is Cc1nc(N[C@H](C)c2cccc(C(F)F)c2F)c2cc(C(=O)N3CCN(C(=O)N(C)C)CC3)c3ncnn3c2n1. The number of piperazine rings is 1. The maximum absolute atomic E-state index is 14.9. The van der Waals surface area contributed by atoms with Crippen LogP contribution in [0.2, 0.25) is 0 Å². The van der Waals surface area contributed by atoms with Gasteiger partial charge >= 0.3 is 6.03 Å². The smallest absolute Gasteiger partial charge is 0.319 e. The van der Waals surface area contributed by atoms with Gasteiger partial charge in [-0.2, -0.15) is 9.61 Å². The Morgan fingerprint density at radius 3 is 2.38 bits per heavy atom. The van der Waals surface area contributed by atoms with Crippen molar-refractivity contribution in [2.24, 2.45) is 0 Å². The van der Waals surface area contributed by atoms with E-state index >= 15 is 0 Å². The summed E-state index contributed by atoms with van der Waals surface area (Å²) < 4.78 is 42.9. The quantitative estimate of drug-likeness (QED) is 0.400. The van der Waals surface area contributed by atoms with Crippen molar-refractivity contribution in [1.29, 1.82) is 0 Å². The average Bonchev–Trinajstić information content (AvgIpc) is 3.42. The first-order valence-electron chi connectivity index (χ1n) is 12.7. The van der Waals surface area contributed by atoms with Gasteiger partial charge in [-0.1, -0.05) is 18.2 Å². The number of aromatic nitrogens is 5. The van der Waals surface area contributed by atoms with Gasteiger partial charge in [0, 0.05) is 45.8 Å². The summed E-state index contributed by atoms with van der Waals surface area (Å²) in [5.41, 5.74) is 0.294. The number of halogens is 3. The Labute approximate surface area is 227 Å². The molecule has 4 aromatic rings. The number of hydrogen-bond acceptors (Lipinski definition) is 7. The van der Waals surface area contributed by atoms with Crippen LogP contribution in [0.1, 0.15) is 46.7 Å². The topological polar surface area (TPSA) is 112 Å². The van der Waals surface area contributed by atoms with Crippen LogP contribution in [0.5, 0.6) is 0 Å². The number of anilines is 1. The zero-order chi connectivity index (χ0) is 28.7. The number of carbonyl (C=O) groups is 2. The van der Waals surface area contributed by atoms with Gasteiger partial charge in [-0.05, 0) is 19.9 Å². The van der Waals surface area contributed by atoms with Crippen molar-refractivity contribution in [3.63, 3.8) is 0 Å². The van der Waals surface area contributed by atoms with Crippen LogP contribution in [0.15, 0.2) is 30.6 Å². The van der Waals surface area contributed by atoms with Gasteiger partial charge < -0.3 is 20.0 Å². The molecule has 4 heterocycles. The summed E-state index contributed by atoms with van der Waals surface area (Å²) in [6, 6.07) is 4.61. The molecule has 1 N–H and O–H groups in total. The van der Waals surface area contributed by atoms with Crippen LogP contribution in [0.3, 0.4) is 0 Å². The van der Waals surface area contributed by atoms with Crippen molar-refractivity contribution in [2.75, 3.05) is 45.6 Å². The Morgan fingerprint density at radius 2 is 1.70 bits per heavy atom. The van der Waals surface area contributed by atoms with Crippen LogP contribution in [0, 0.1) is 12.7 Å². The van der Waals surface area contributed by atoms with Crippen molar-refractivity contribution < 1.29 is 22.8 Å². The zero-order valence-electron chi connectivity index (χ0n) is 22.4. The number of rotatable bonds is 5. The van der Waals surface area contributed by atoms with Gasteiger partial charge in [0.1, 0.15) is 23.8 Å². The number of nitrogens with zero attached hydrogens (tertiary/aromatic N) is 8. The lowest BCUT2D eigenvalue weighted by Gasteiger charge is -2.36. The van der Waals surface area contributed by atoms with E-state index in [4.69, 9.17) is 0 Å². The first kappa shape index (κ1) is 27.1. The Balaban J connectivity index is 1.52. The molecule has 0 unspecified atom stereocenters. The number of nitrogens with one attached hydrogen (secondary N) is 1. The number of pyridine rings is 1. The Kier molecular flexibility index (Phi) is 7.17. The van der Waals surface area contributed by atoms with E-state index in [2.05, 4.69) is 25.4 Å². The van der Waals surface area contributed by atoms with Crippen LogP contribution in [0.4, 0.5) is 23.8 Å². The number of fused-ring (bicyclic) bond motifs is 3. The van der Waals surface area contributed by atoms with Gasteiger partial charge in [-0.15, -0.1) is 0 Å². The van der Waals surface area contributed by atoms with E-state index in [0.29, 0.717) is 48.7 Å². The number of urea groups is 1. The van der Waals surface area contributed by atoms with Crippen molar-refractivity contribution in [2.45, 2.75) is 26.3 Å². The highest BCUT2D eigenvalue weighted by molar-refractivity contribution is 6.04. The fourth-order valence-corrected chi connectivity index (χ4v) is 4.83. The number of carbonyl (C=O) groups excluding carboxylic acids is 2. The van der Waals surface area contributed by atoms with E-state index in [9.17, 15) is 22.8 Å². The molecular formula is C26H28F3N9O2. The predicted molar refractivity (Wildman–Crippen MR) is 141 cm³/mol. The van der Waals surface area contributed by atoms with Crippen molar-refractivity contribution in [3.8, 4) is 0 Å². The molecule has 1 saturated heterocycles. The third kappa shape index (κ3) is 4.84. The molecule has 0 saturated carbocycles. The minimum absolute atomic E-state index is 0.0468. The third-order valence-electron chi connectivity index (χ3n) is 6.88. The van der Waals surface area contributed by atoms with Crippen LogP contribution in [-0.4, -0.2) is 91.5 Å². The van der Waals surface area contributed by atoms with E-state index in [0.717, 1.165) is 6.07 Å². The summed E-state index contributed by atoms with van der Waals surface area (Å²) in [4.78, 5) is 44.1. The zero-order valence-corrected chi connectivity index (χ0v) is 22.4. The monoisotopic (exact) mass is 555 g/mol. The number of alkyl halides is 2. The second-order valence-corrected chi connectivity index (χ2v) is 9.78. The molecule has 14 heteroatoms. The van der Waals surface area contributed by atoms with Gasteiger partial charge in [0.2, 0.25) is 0 Å². The molecule has 1 aliphatic heterocycles. The Morgan fingerprint density at radius 1 is 1.02 bits per heavy atom. The molecule has 1 fully saturated rings. The van der Waals surface area contributed by atoms with E-state index in [1.807, 2.05) is 0 Å². The molecule has 1 aliphatic rings. The van der Waals surface area contributed by atoms with Gasteiger partial charge in [-0.3, -0.25) is 4.79 Å². The summed E-state index contributed by atoms with van der Waals surface area (Å²) in [6.45, 7) is 4.74. The summed E-state index contributed by atoms with van der Waals surface area (Å²) >= 11 is 0. The lowest BCUT2D eigenvalue weighted by molar-refractivity contribution is 0.0651. The normalized spacial score (nSPS) is 14.7. The standard InChI is InChI=1S/C26H28F3N9O2/c1-14(16-6-5-7-17(20(16)27)21(28)29)32-22-18-12-19(23-30-13-31-38(23)24(18)34-15(2)33-22)25(39)36-8-10-37(11-9-36)26(40)35(3)4/h5-7,12-14,21H,8-11H2,1-4H3,(H,32,33,34)/t14-/m1/s1. The molecule has 0 bridgehead atoms. The van der Waals surface area contributed by atoms with Gasteiger partial charge in [-0.25, -0.2) is 32.9 Å². The van der Waals surface area contributed by atoms with E-state index in [1.165, 1.54) is 27.9 Å². The Bertz CT molecular complexity index is 1600. The summed E-state index contributed by atoms with van der Waals surface area (Å²) in [7, 11) is 3.36. The molecule has 0 spiro atoms. The maximum Gasteiger partial charge on any atom is 0.319 e.